The first-order valence-corrected chi connectivity index (χ1v) is 11.1. The van der Waals surface area contributed by atoms with Gasteiger partial charge in [-0.25, -0.2) is 0 Å². The van der Waals surface area contributed by atoms with Crippen molar-refractivity contribution in [2.45, 2.75) is 12.7 Å². The summed E-state index contributed by atoms with van der Waals surface area (Å²) >= 11 is 0. The molecule has 0 saturated carbocycles. The Morgan fingerprint density at radius 3 is 2.57 bits per heavy atom. The Balaban J connectivity index is 1.34. The lowest BCUT2D eigenvalue weighted by molar-refractivity contribution is -0.137. The molecule has 1 aliphatic rings. The largest absolute Gasteiger partial charge is 0.490 e. The minimum Gasteiger partial charge on any atom is -0.490 e. The van der Waals surface area contributed by atoms with Gasteiger partial charge in [0.05, 0.1) is 24.3 Å². The number of benzene rings is 2. The molecule has 1 amide bonds. The van der Waals surface area contributed by atoms with Crippen LogP contribution in [0.2, 0.25) is 0 Å². The molecule has 0 spiro atoms. The van der Waals surface area contributed by atoms with Gasteiger partial charge in [-0.15, -0.1) is 0 Å². The molecule has 3 aromatic rings. The number of hydrogen-bond donors (Lipinski definition) is 0. The van der Waals surface area contributed by atoms with E-state index in [0.29, 0.717) is 63.1 Å². The van der Waals surface area contributed by atoms with Crippen molar-refractivity contribution in [2.75, 3.05) is 46.5 Å². The summed E-state index contributed by atoms with van der Waals surface area (Å²) in [5.41, 5.74) is -0.0379. The second-order valence-corrected chi connectivity index (χ2v) is 8.00. The molecule has 0 aliphatic carbocycles. The topological polar surface area (TPSA) is 80.9 Å². The molecule has 2 heterocycles. The lowest BCUT2D eigenvalue weighted by atomic mass is 10.1. The zero-order chi connectivity index (χ0) is 24.8. The molecular formula is C24H25F3N4O4. The number of rotatable bonds is 8. The van der Waals surface area contributed by atoms with Crippen LogP contribution >= 0.6 is 0 Å². The average molecular weight is 490 g/mol. The zero-order valence-corrected chi connectivity index (χ0v) is 19.1. The minimum absolute atomic E-state index is 0.102. The molecule has 0 unspecified atom stereocenters. The number of piperazine rings is 1. The maximum absolute atomic E-state index is 13.1. The number of alkyl halides is 3. The third kappa shape index (κ3) is 6.17. The van der Waals surface area contributed by atoms with E-state index >= 15 is 0 Å². The number of aromatic nitrogens is 2. The van der Waals surface area contributed by atoms with Crippen molar-refractivity contribution < 1.29 is 32.0 Å². The van der Waals surface area contributed by atoms with Gasteiger partial charge in [0.2, 0.25) is 11.7 Å². The van der Waals surface area contributed by atoms with E-state index in [1.54, 1.807) is 30.2 Å². The van der Waals surface area contributed by atoms with Crippen LogP contribution in [0.5, 0.6) is 5.75 Å². The van der Waals surface area contributed by atoms with Crippen LogP contribution in [0.3, 0.4) is 0 Å². The summed E-state index contributed by atoms with van der Waals surface area (Å²) in [6.45, 7) is 3.28. The highest BCUT2D eigenvalue weighted by Crippen LogP contribution is 2.31. The van der Waals surface area contributed by atoms with Crippen molar-refractivity contribution >= 4 is 5.91 Å². The summed E-state index contributed by atoms with van der Waals surface area (Å²) in [5.74, 6) is 0.811. The Morgan fingerprint density at radius 2 is 1.83 bits per heavy atom. The number of hydrogen-bond acceptors (Lipinski definition) is 7. The molecule has 4 rings (SSSR count). The van der Waals surface area contributed by atoms with Crippen molar-refractivity contribution in [3.05, 3.63) is 65.5 Å². The molecule has 11 heteroatoms. The molecule has 2 aromatic carbocycles. The fourth-order valence-electron chi connectivity index (χ4n) is 3.75. The van der Waals surface area contributed by atoms with E-state index in [1.165, 1.54) is 12.1 Å². The van der Waals surface area contributed by atoms with Crippen LogP contribution in [0.15, 0.2) is 53.1 Å². The Labute approximate surface area is 200 Å². The molecule has 1 saturated heterocycles. The van der Waals surface area contributed by atoms with Gasteiger partial charge in [-0.1, -0.05) is 29.4 Å². The molecular weight excluding hydrogens is 465 g/mol. The molecule has 0 radical (unpaired) electrons. The second-order valence-electron chi connectivity index (χ2n) is 8.00. The molecule has 186 valence electrons. The van der Waals surface area contributed by atoms with E-state index in [9.17, 15) is 18.0 Å². The van der Waals surface area contributed by atoms with Gasteiger partial charge in [0.1, 0.15) is 12.4 Å². The Morgan fingerprint density at radius 1 is 1.06 bits per heavy atom. The predicted octanol–water partition coefficient (Wildman–Crippen LogP) is 3.74. The molecule has 0 atom stereocenters. The summed E-state index contributed by atoms with van der Waals surface area (Å²) in [7, 11) is 1.58. The highest BCUT2D eigenvalue weighted by atomic mass is 19.4. The van der Waals surface area contributed by atoms with Crippen LogP contribution in [0.25, 0.3) is 11.4 Å². The molecule has 1 fully saturated rings. The summed E-state index contributed by atoms with van der Waals surface area (Å²) in [4.78, 5) is 21.1. The standard InChI is InChI=1S/C24H25F3N4O4/c1-33-13-14-34-20-8-3-2-7-19(20)23(32)31-11-9-30(10-12-31)16-21-28-22(29-35-21)17-5-4-6-18(15-17)24(25,26)27/h2-8,15H,9-14,16H2,1H3. The number of amides is 1. The molecule has 0 N–H and O–H groups in total. The van der Waals surface area contributed by atoms with Gasteiger partial charge in [0, 0.05) is 38.9 Å². The summed E-state index contributed by atoms with van der Waals surface area (Å²) < 4.78 is 54.9. The number of carbonyl (C=O) groups is 1. The van der Waals surface area contributed by atoms with Crippen LogP contribution < -0.4 is 4.74 Å². The SMILES string of the molecule is COCCOc1ccccc1C(=O)N1CCN(Cc2nc(-c3cccc(C(F)(F)F)c3)no2)CC1. The van der Waals surface area contributed by atoms with E-state index in [2.05, 4.69) is 10.1 Å². The maximum atomic E-state index is 13.1. The second kappa shape index (κ2) is 10.9. The first-order valence-electron chi connectivity index (χ1n) is 11.1. The molecule has 8 nitrogen and oxygen atoms in total. The normalized spacial score (nSPS) is 14.8. The first-order chi connectivity index (χ1) is 16.8. The molecule has 35 heavy (non-hydrogen) atoms. The monoisotopic (exact) mass is 490 g/mol. The van der Waals surface area contributed by atoms with E-state index in [-0.39, 0.29) is 17.3 Å². The Hall–Kier alpha value is -3.44. The van der Waals surface area contributed by atoms with Crippen molar-refractivity contribution in [3.8, 4) is 17.1 Å². The molecule has 1 aromatic heterocycles. The first kappa shape index (κ1) is 24.7. The van der Waals surface area contributed by atoms with Gasteiger partial charge in [-0.05, 0) is 24.3 Å². The predicted molar refractivity (Wildman–Crippen MR) is 120 cm³/mol. The summed E-state index contributed by atoms with van der Waals surface area (Å²) in [5, 5.41) is 3.83. The fourth-order valence-corrected chi connectivity index (χ4v) is 3.75. The summed E-state index contributed by atoms with van der Waals surface area (Å²) in [6, 6.07) is 11.9. The van der Waals surface area contributed by atoms with Crippen LogP contribution in [0.4, 0.5) is 13.2 Å². The number of halogens is 3. The fraction of sp³-hybridized carbons (Fsp3) is 0.375. The van der Waals surface area contributed by atoms with Crippen LogP contribution in [0.1, 0.15) is 21.8 Å². The third-order valence-electron chi connectivity index (χ3n) is 5.60. The lowest BCUT2D eigenvalue weighted by Crippen LogP contribution is -2.48. The molecule has 1 aliphatic heterocycles. The van der Waals surface area contributed by atoms with Gasteiger partial charge in [-0.2, -0.15) is 18.2 Å². The van der Waals surface area contributed by atoms with E-state index in [1.807, 2.05) is 11.0 Å². The van der Waals surface area contributed by atoms with E-state index in [4.69, 9.17) is 14.0 Å². The molecule has 0 bridgehead atoms. The van der Waals surface area contributed by atoms with Crippen LogP contribution in [0, 0.1) is 0 Å². The number of ether oxygens (including phenoxy) is 2. The van der Waals surface area contributed by atoms with E-state index in [0.717, 1.165) is 12.1 Å². The minimum atomic E-state index is -4.45. The van der Waals surface area contributed by atoms with Crippen molar-refractivity contribution in [3.63, 3.8) is 0 Å². The van der Waals surface area contributed by atoms with Gasteiger partial charge in [0.25, 0.3) is 5.91 Å². The van der Waals surface area contributed by atoms with Crippen molar-refractivity contribution in [2.24, 2.45) is 0 Å². The quantitative estimate of drug-likeness (QED) is 0.445. The number of para-hydroxylation sites is 1. The number of methoxy groups -OCH3 is 1. The lowest BCUT2D eigenvalue weighted by Gasteiger charge is -2.34. The summed E-state index contributed by atoms with van der Waals surface area (Å²) in [6.07, 6.45) is -4.45. The number of nitrogens with zero attached hydrogens (tertiary/aromatic N) is 4. The average Bonchev–Trinajstić information content (AvgIpc) is 3.33. The maximum Gasteiger partial charge on any atom is 0.416 e. The Bertz CT molecular complexity index is 1140. The van der Waals surface area contributed by atoms with Crippen LogP contribution in [-0.2, 0) is 17.5 Å². The highest BCUT2D eigenvalue weighted by molar-refractivity contribution is 5.97. The van der Waals surface area contributed by atoms with Crippen molar-refractivity contribution in [1.29, 1.82) is 0 Å². The zero-order valence-electron chi connectivity index (χ0n) is 19.1. The third-order valence-corrected chi connectivity index (χ3v) is 5.60. The number of carbonyl (C=O) groups excluding carboxylic acids is 1. The van der Waals surface area contributed by atoms with Gasteiger partial charge in [0.15, 0.2) is 0 Å². The van der Waals surface area contributed by atoms with Crippen LogP contribution in [-0.4, -0.2) is 72.4 Å². The highest BCUT2D eigenvalue weighted by Gasteiger charge is 2.31. The van der Waals surface area contributed by atoms with E-state index < -0.39 is 11.7 Å². The smallest absolute Gasteiger partial charge is 0.416 e. The van der Waals surface area contributed by atoms with Crippen molar-refractivity contribution in [1.82, 2.24) is 19.9 Å². The van der Waals surface area contributed by atoms with Gasteiger partial charge in [-0.3, -0.25) is 9.69 Å². The van der Waals surface area contributed by atoms with Gasteiger partial charge < -0.3 is 18.9 Å². The van der Waals surface area contributed by atoms with Gasteiger partial charge >= 0.3 is 6.18 Å². The Kier molecular flexibility index (Phi) is 7.67.